The van der Waals surface area contributed by atoms with E-state index in [2.05, 4.69) is 9.97 Å². The van der Waals surface area contributed by atoms with Crippen LogP contribution in [0.5, 0.6) is 0 Å². The van der Waals surface area contributed by atoms with Gasteiger partial charge in [0, 0.05) is 6.20 Å². The van der Waals surface area contributed by atoms with Crippen molar-refractivity contribution in [3.05, 3.63) is 29.6 Å². The Hall–Kier alpha value is -2.17. The van der Waals surface area contributed by atoms with E-state index in [1.54, 1.807) is 19.1 Å². The third-order valence-electron chi connectivity index (χ3n) is 2.16. The Balaban J connectivity index is 2.53. The third-order valence-corrected chi connectivity index (χ3v) is 2.16. The summed E-state index contributed by atoms with van der Waals surface area (Å²) in [5.41, 5.74) is 1.80. The van der Waals surface area contributed by atoms with Crippen molar-refractivity contribution in [1.82, 2.24) is 9.97 Å². The second-order valence-corrected chi connectivity index (χ2v) is 3.17. The molecule has 1 N–H and O–H groups in total. The van der Waals surface area contributed by atoms with Crippen LogP contribution in [0.1, 0.15) is 27.8 Å². The number of nitrogens with zero attached hydrogens (tertiary/aromatic N) is 1. The Kier molecular flexibility index (Phi) is 2.68. The predicted octanol–water partition coefficient (Wildman–Crippen LogP) is 1.55. The number of aromatic nitrogens is 2. The van der Waals surface area contributed by atoms with E-state index < -0.39 is 5.97 Å². The fourth-order valence-corrected chi connectivity index (χ4v) is 1.44. The largest absolute Gasteiger partial charge is 0.462 e. The summed E-state index contributed by atoms with van der Waals surface area (Å²) in [7, 11) is 0. The second-order valence-electron chi connectivity index (χ2n) is 3.17. The van der Waals surface area contributed by atoms with Crippen molar-refractivity contribution < 1.29 is 14.3 Å². The van der Waals surface area contributed by atoms with E-state index in [1.165, 1.54) is 6.20 Å². The van der Waals surface area contributed by atoms with Crippen LogP contribution in [0.2, 0.25) is 0 Å². The molecule has 0 spiro atoms. The Morgan fingerprint density at radius 3 is 3.06 bits per heavy atom. The zero-order valence-electron chi connectivity index (χ0n) is 8.69. The van der Waals surface area contributed by atoms with Crippen molar-refractivity contribution in [2.45, 2.75) is 6.92 Å². The highest BCUT2D eigenvalue weighted by Crippen LogP contribution is 2.16. The maximum absolute atomic E-state index is 11.5. The van der Waals surface area contributed by atoms with E-state index in [4.69, 9.17) is 4.74 Å². The summed E-state index contributed by atoms with van der Waals surface area (Å²) < 4.78 is 4.88. The molecule has 0 saturated carbocycles. The summed E-state index contributed by atoms with van der Waals surface area (Å²) in [5.74, 6) is -0.440. The van der Waals surface area contributed by atoms with Gasteiger partial charge in [-0.05, 0) is 19.1 Å². The highest BCUT2D eigenvalue weighted by molar-refractivity contribution is 6.02. The molecule has 2 heterocycles. The van der Waals surface area contributed by atoms with Gasteiger partial charge in [-0.25, -0.2) is 9.78 Å². The van der Waals surface area contributed by atoms with E-state index in [9.17, 15) is 9.59 Å². The minimum absolute atomic E-state index is 0.289. The van der Waals surface area contributed by atoms with Gasteiger partial charge in [0.25, 0.3) is 0 Å². The molecule has 0 amide bonds. The molecule has 0 aliphatic carbocycles. The molecule has 0 unspecified atom stereocenters. The summed E-state index contributed by atoms with van der Waals surface area (Å²) >= 11 is 0. The Labute approximate surface area is 91.4 Å². The minimum atomic E-state index is -0.440. The monoisotopic (exact) mass is 218 g/mol. The molecule has 82 valence electrons. The number of pyridine rings is 1. The molecule has 2 rings (SSSR count). The fraction of sp³-hybridized carbons (Fsp3) is 0.182. The molecule has 0 aliphatic rings. The maximum Gasteiger partial charge on any atom is 0.341 e. The topological polar surface area (TPSA) is 72.1 Å². The summed E-state index contributed by atoms with van der Waals surface area (Å²) in [5, 5.41) is 0. The first-order valence-electron chi connectivity index (χ1n) is 4.86. The first-order valence-corrected chi connectivity index (χ1v) is 4.86. The highest BCUT2D eigenvalue weighted by Gasteiger charge is 2.14. The molecule has 5 nitrogen and oxygen atoms in total. The number of esters is 1. The lowest BCUT2D eigenvalue weighted by atomic mass is 10.2. The molecular formula is C11H10N2O3. The van der Waals surface area contributed by atoms with E-state index in [0.29, 0.717) is 29.5 Å². The maximum atomic E-state index is 11.5. The molecule has 2 aromatic heterocycles. The molecule has 2 aromatic rings. The summed E-state index contributed by atoms with van der Waals surface area (Å²) in [6.45, 7) is 2.04. The van der Waals surface area contributed by atoms with E-state index in [1.807, 2.05) is 0 Å². The van der Waals surface area contributed by atoms with Gasteiger partial charge in [0.2, 0.25) is 0 Å². The summed E-state index contributed by atoms with van der Waals surface area (Å²) in [6, 6.07) is 3.29. The smallest absolute Gasteiger partial charge is 0.341 e. The summed E-state index contributed by atoms with van der Waals surface area (Å²) in [4.78, 5) is 29.1. The molecule has 0 fully saturated rings. The number of nitrogens with one attached hydrogen (secondary N) is 1. The number of hydrogen-bond acceptors (Lipinski definition) is 4. The zero-order chi connectivity index (χ0) is 11.5. The van der Waals surface area contributed by atoms with E-state index in [0.717, 1.165) is 0 Å². The van der Waals surface area contributed by atoms with Crippen molar-refractivity contribution in [2.75, 3.05) is 6.61 Å². The summed E-state index contributed by atoms with van der Waals surface area (Å²) in [6.07, 6.45) is 2.17. The van der Waals surface area contributed by atoms with Crippen LogP contribution in [-0.4, -0.2) is 28.8 Å². The number of hydrogen-bond donors (Lipinski definition) is 1. The highest BCUT2D eigenvalue weighted by atomic mass is 16.5. The number of rotatable bonds is 3. The van der Waals surface area contributed by atoms with Gasteiger partial charge in [0.15, 0.2) is 6.29 Å². The van der Waals surface area contributed by atoms with Crippen LogP contribution in [0.15, 0.2) is 18.3 Å². The number of carbonyl (C=O) groups excluding carboxylic acids is 2. The molecule has 0 aliphatic heterocycles. The lowest BCUT2D eigenvalue weighted by Gasteiger charge is -1.99. The molecule has 0 radical (unpaired) electrons. The Morgan fingerprint density at radius 1 is 1.56 bits per heavy atom. The van der Waals surface area contributed by atoms with Gasteiger partial charge < -0.3 is 9.72 Å². The van der Waals surface area contributed by atoms with Crippen LogP contribution in [-0.2, 0) is 4.74 Å². The standard InChI is InChI=1S/C11H10N2O3/c1-2-16-11(15)8-5-12-9-4-3-7(6-14)13-10(8)9/h3-6,12H,2H2,1H3. The van der Waals surface area contributed by atoms with Crippen LogP contribution < -0.4 is 0 Å². The molecule has 0 aromatic carbocycles. The predicted molar refractivity (Wildman–Crippen MR) is 57.4 cm³/mol. The number of H-pyrrole nitrogens is 1. The fourth-order valence-electron chi connectivity index (χ4n) is 1.44. The lowest BCUT2D eigenvalue weighted by Crippen LogP contribution is -2.04. The van der Waals surface area contributed by atoms with Gasteiger partial charge in [0.05, 0.1) is 12.1 Å². The van der Waals surface area contributed by atoms with E-state index in [-0.39, 0.29) is 5.69 Å². The Morgan fingerprint density at radius 2 is 2.38 bits per heavy atom. The van der Waals surface area contributed by atoms with Crippen LogP contribution in [0.25, 0.3) is 11.0 Å². The number of aldehydes is 1. The normalized spacial score (nSPS) is 10.3. The van der Waals surface area contributed by atoms with Crippen LogP contribution >= 0.6 is 0 Å². The van der Waals surface area contributed by atoms with Gasteiger partial charge in [-0.2, -0.15) is 0 Å². The SMILES string of the molecule is CCOC(=O)c1c[nH]c2ccc(C=O)nc12. The van der Waals surface area contributed by atoms with Gasteiger partial charge in [0.1, 0.15) is 16.8 Å². The third kappa shape index (κ3) is 1.67. The van der Waals surface area contributed by atoms with Gasteiger partial charge in [-0.15, -0.1) is 0 Å². The van der Waals surface area contributed by atoms with Gasteiger partial charge in [-0.1, -0.05) is 0 Å². The van der Waals surface area contributed by atoms with Crippen molar-refractivity contribution in [3.8, 4) is 0 Å². The number of aromatic amines is 1. The van der Waals surface area contributed by atoms with Crippen LogP contribution in [0.3, 0.4) is 0 Å². The number of carbonyl (C=O) groups is 2. The van der Waals surface area contributed by atoms with Crippen molar-refractivity contribution in [1.29, 1.82) is 0 Å². The second kappa shape index (κ2) is 4.14. The zero-order valence-corrected chi connectivity index (χ0v) is 8.69. The first-order chi connectivity index (χ1) is 7.76. The van der Waals surface area contributed by atoms with Crippen LogP contribution in [0, 0.1) is 0 Å². The molecule has 16 heavy (non-hydrogen) atoms. The Bertz CT molecular complexity index is 545. The lowest BCUT2D eigenvalue weighted by molar-refractivity contribution is 0.0528. The average molecular weight is 218 g/mol. The van der Waals surface area contributed by atoms with E-state index >= 15 is 0 Å². The van der Waals surface area contributed by atoms with Crippen LogP contribution in [0.4, 0.5) is 0 Å². The first kappa shape index (κ1) is 10.4. The molecule has 0 atom stereocenters. The van der Waals surface area contributed by atoms with Crippen molar-refractivity contribution >= 4 is 23.3 Å². The van der Waals surface area contributed by atoms with Gasteiger partial charge in [-0.3, -0.25) is 4.79 Å². The van der Waals surface area contributed by atoms with Crippen molar-refractivity contribution in [3.63, 3.8) is 0 Å². The molecule has 0 bridgehead atoms. The quantitative estimate of drug-likeness (QED) is 0.626. The minimum Gasteiger partial charge on any atom is -0.462 e. The average Bonchev–Trinajstić information content (AvgIpc) is 2.71. The molecular weight excluding hydrogens is 208 g/mol. The number of ether oxygens (including phenoxy) is 1. The van der Waals surface area contributed by atoms with Gasteiger partial charge >= 0.3 is 5.97 Å². The van der Waals surface area contributed by atoms with Crippen molar-refractivity contribution in [2.24, 2.45) is 0 Å². The molecule has 5 heteroatoms. The number of fused-ring (bicyclic) bond motifs is 1. The molecule has 0 saturated heterocycles.